The zero-order valence-corrected chi connectivity index (χ0v) is 28.6. The second-order valence-corrected chi connectivity index (χ2v) is 12.7. The molecule has 0 saturated carbocycles. The van der Waals surface area contributed by atoms with Gasteiger partial charge in [-0.2, -0.15) is 17.2 Å². The number of hydrogen-bond donors (Lipinski definition) is 0. The summed E-state index contributed by atoms with van der Waals surface area (Å²) in [5, 5.41) is 6.89. The second kappa shape index (κ2) is 12.3. The molecule has 232 valence electrons. The molecule has 4 aromatic carbocycles. The standard InChI is InChI=1S/C39H33FN4O.Pt/c1-25-38(28-10-7-6-8-11-28)26(2)44(42-25)30-12-9-13-31(22-30)45-32-15-16-33-34-20-27(24-39(3,4)5)14-17-35(34)43(36(33)23-32)37-21-29(40)18-19-41-37;/h6-21H,24H2,1-5H3;/q-2;+2. The molecule has 0 spiro atoms. The monoisotopic (exact) mass is 787 g/mol. The first-order chi connectivity index (χ1) is 21.6. The summed E-state index contributed by atoms with van der Waals surface area (Å²) in [5.41, 5.74) is 8.07. The van der Waals surface area contributed by atoms with Crippen molar-refractivity contribution in [3.63, 3.8) is 0 Å². The zero-order valence-electron chi connectivity index (χ0n) is 26.3. The van der Waals surface area contributed by atoms with E-state index in [1.165, 1.54) is 23.9 Å². The minimum absolute atomic E-state index is 0. The molecule has 0 N–H and O–H groups in total. The van der Waals surface area contributed by atoms with Crippen molar-refractivity contribution in [1.29, 1.82) is 0 Å². The van der Waals surface area contributed by atoms with E-state index in [-0.39, 0.29) is 32.3 Å². The predicted octanol–water partition coefficient (Wildman–Crippen LogP) is 9.77. The molecule has 0 unspecified atom stereocenters. The molecule has 7 heteroatoms. The molecule has 0 saturated heterocycles. The van der Waals surface area contributed by atoms with Crippen molar-refractivity contribution in [2.75, 3.05) is 0 Å². The van der Waals surface area contributed by atoms with E-state index in [2.05, 4.69) is 75.1 Å². The Hall–Kier alpha value is -4.54. The summed E-state index contributed by atoms with van der Waals surface area (Å²) in [6.45, 7) is 10.8. The normalized spacial score (nSPS) is 11.6. The molecule has 5 nitrogen and oxygen atoms in total. The van der Waals surface area contributed by atoms with Crippen LogP contribution in [0, 0.1) is 37.2 Å². The summed E-state index contributed by atoms with van der Waals surface area (Å²) in [7, 11) is 0. The molecule has 0 bridgehead atoms. The molecule has 0 amide bonds. The summed E-state index contributed by atoms with van der Waals surface area (Å²) >= 11 is 0. The van der Waals surface area contributed by atoms with Crippen LogP contribution in [0.15, 0.2) is 97.2 Å². The molecular weight excluding hydrogens is 755 g/mol. The van der Waals surface area contributed by atoms with E-state index in [9.17, 15) is 4.39 Å². The van der Waals surface area contributed by atoms with Gasteiger partial charge in [0, 0.05) is 40.5 Å². The molecule has 3 heterocycles. The van der Waals surface area contributed by atoms with E-state index >= 15 is 0 Å². The van der Waals surface area contributed by atoms with Gasteiger partial charge in [0.05, 0.1) is 5.69 Å². The van der Waals surface area contributed by atoms with Gasteiger partial charge in [-0.1, -0.05) is 68.8 Å². The quantitative estimate of drug-likeness (QED) is 0.158. The van der Waals surface area contributed by atoms with E-state index in [0.29, 0.717) is 17.3 Å². The van der Waals surface area contributed by atoms with Crippen molar-refractivity contribution < 1.29 is 30.2 Å². The number of benzene rings is 4. The molecule has 7 rings (SSSR count). The summed E-state index contributed by atoms with van der Waals surface area (Å²) in [5.74, 6) is 1.19. The Bertz CT molecular complexity index is 2190. The van der Waals surface area contributed by atoms with Gasteiger partial charge in [0.15, 0.2) is 0 Å². The van der Waals surface area contributed by atoms with E-state index in [1.54, 1.807) is 0 Å². The Labute approximate surface area is 282 Å². The van der Waals surface area contributed by atoms with Gasteiger partial charge >= 0.3 is 21.1 Å². The molecule has 0 radical (unpaired) electrons. The summed E-state index contributed by atoms with van der Waals surface area (Å²) in [6, 6.07) is 36.1. The van der Waals surface area contributed by atoms with Gasteiger partial charge in [0.2, 0.25) is 0 Å². The third-order valence-corrected chi connectivity index (χ3v) is 7.94. The molecule has 0 atom stereocenters. The predicted molar refractivity (Wildman–Crippen MR) is 178 cm³/mol. The van der Waals surface area contributed by atoms with Crippen molar-refractivity contribution in [3.05, 3.63) is 132 Å². The average molecular weight is 788 g/mol. The fourth-order valence-electron chi connectivity index (χ4n) is 6.14. The van der Waals surface area contributed by atoms with Crippen LogP contribution in [0.25, 0.3) is 44.4 Å². The smallest absolute Gasteiger partial charge is 0.509 e. The first-order valence-electron chi connectivity index (χ1n) is 15.1. The molecule has 0 aliphatic heterocycles. The largest absolute Gasteiger partial charge is 2.00 e. The first-order valence-corrected chi connectivity index (χ1v) is 15.1. The van der Waals surface area contributed by atoms with E-state index < -0.39 is 0 Å². The fourth-order valence-corrected chi connectivity index (χ4v) is 6.14. The maximum absolute atomic E-state index is 14.4. The number of pyridine rings is 1. The van der Waals surface area contributed by atoms with Crippen LogP contribution < -0.4 is 4.74 Å². The van der Waals surface area contributed by atoms with Crippen LogP contribution in [0.4, 0.5) is 4.39 Å². The zero-order chi connectivity index (χ0) is 31.3. The van der Waals surface area contributed by atoms with Crippen molar-refractivity contribution in [1.82, 2.24) is 19.3 Å². The topological polar surface area (TPSA) is 44.9 Å². The Morgan fingerprint density at radius 2 is 1.61 bits per heavy atom. The van der Waals surface area contributed by atoms with E-state index in [4.69, 9.17) is 9.84 Å². The van der Waals surface area contributed by atoms with Crippen molar-refractivity contribution in [3.8, 4) is 34.1 Å². The Morgan fingerprint density at radius 1 is 0.826 bits per heavy atom. The van der Waals surface area contributed by atoms with Crippen LogP contribution in [-0.2, 0) is 27.5 Å². The maximum Gasteiger partial charge on any atom is 2.00 e. The Kier molecular flexibility index (Phi) is 8.43. The van der Waals surface area contributed by atoms with Crippen molar-refractivity contribution in [2.45, 2.75) is 41.0 Å². The number of halogens is 1. The minimum atomic E-state index is -0.349. The number of rotatable bonds is 6. The molecule has 3 aromatic heterocycles. The van der Waals surface area contributed by atoms with Crippen molar-refractivity contribution >= 4 is 21.8 Å². The average Bonchev–Trinajstić information content (AvgIpc) is 3.49. The molecule has 46 heavy (non-hydrogen) atoms. The number of nitrogens with zero attached hydrogens (tertiary/aromatic N) is 4. The number of aromatic nitrogens is 4. The van der Waals surface area contributed by atoms with E-state index in [1.807, 2.05) is 64.7 Å². The van der Waals surface area contributed by atoms with Gasteiger partial charge in [-0.3, -0.25) is 4.68 Å². The van der Waals surface area contributed by atoms with Crippen LogP contribution in [0.5, 0.6) is 11.5 Å². The van der Waals surface area contributed by atoms with Crippen LogP contribution in [-0.4, -0.2) is 19.3 Å². The minimum Gasteiger partial charge on any atom is -0.509 e. The van der Waals surface area contributed by atoms with Gasteiger partial charge in [-0.25, -0.2) is 9.37 Å². The van der Waals surface area contributed by atoms with Crippen LogP contribution in [0.2, 0.25) is 0 Å². The van der Waals surface area contributed by atoms with Crippen LogP contribution >= 0.6 is 0 Å². The van der Waals surface area contributed by atoms with Crippen LogP contribution in [0.1, 0.15) is 37.7 Å². The van der Waals surface area contributed by atoms with E-state index in [0.717, 1.165) is 56.4 Å². The summed E-state index contributed by atoms with van der Waals surface area (Å²) in [6.07, 6.45) is 2.42. The van der Waals surface area contributed by atoms with Gasteiger partial charge in [-0.15, -0.1) is 35.7 Å². The fraction of sp³-hybridized carbons (Fsp3) is 0.179. The van der Waals surface area contributed by atoms with Gasteiger partial charge in [-0.05, 0) is 60.0 Å². The number of aryl methyl sites for hydroxylation is 1. The van der Waals surface area contributed by atoms with Crippen LogP contribution in [0.3, 0.4) is 0 Å². The Morgan fingerprint density at radius 3 is 2.37 bits per heavy atom. The molecule has 7 aromatic rings. The molecule has 0 fully saturated rings. The number of hydrogen-bond acceptors (Lipinski definition) is 3. The second-order valence-electron chi connectivity index (χ2n) is 12.7. The molecular formula is C39H33FN4OPt. The number of fused-ring (bicyclic) bond motifs is 3. The molecule has 0 aliphatic rings. The summed E-state index contributed by atoms with van der Waals surface area (Å²) < 4.78 is 24.6. The summed E-state index contributed by atoms with van der Waals surface area (Å²) in [4.78, 5) is 4.51. The third kappa shape index (κ3) is 6.02. The Balaban J connectivity index is 0.00000372. The SMILES string of the molecule is Cc1nn(-c2[c-]c(Oc3[c-]c4c(cc3)c3cc(CC(C)(C)C)ccc3n4-c3cc(F)ccn3)ccc2)c(C)c1-c1ccccc1.[Pt+2]. The van der Waals surface area contributed by atoms with Gasteiger partial charge in [0.1, 0.15) is 11.6 Å². The van der Waals surface area contributed by atoms with Gasteiger partial charge in [0.25, 0.3) is 0 Å². The first kappa shape index (κ1) is 31.4. The third-order valence-electron chi connectivity index (χ3n) is 7.94. The van der Waals surface area contributed by atoms with Gasteiger partial charge < -0.3 is 9.30 Å². The number of ether oxygens (including phenoxy) is 1. The van der Waals surface area contributed by atoms with Crippen molar-refractivity contribution in [2.24, 2.45) is 5.41 Å². The molecule has 0 aliphatic carbocycles. The maximum atomic E-state index is 14.4.